The Labute approximate surface area is 176 Å². The Bertz CT molecular complexity index is 1190. The molecule has 0 spiro atoms. The molecule has 2 aromatic heterocycles. The van der Waals surface area contributed by atoms with E-state index in [1.807, 2.05) is 48.7 Å². The fourth-order valence-corrected chi connectivity index (χ4v) is 3.49. The van der Waals surface area contributed by atoms with Crippen LogP contribution in [0.25, 0.3) is 27.8 Å². The summed E-state index contributed by atoms with van der Waals surface area (Å²) in [6.07, 6.45) is 3.63. The Morgan fingerprint density at radius 3 is 2.17 bits per heavy atom. The normalized spacial score (nSPS) is 17.5. The van der Waals surface area contributed by atoms with Crippen LogP contribution < -0.4 is 5.46 Å². The van der Waals surface area contributed by atoms with Crippen molar-refractivity contribution in [2.24, 2.45) is 0 Å². The van der Waals surface area contributed by atoms with Crippen molar-refractivity contribution in [1.82, 2.24) is 20.0 Å². The van der Waals surface area contributed by atoms with Crippen molar-refractivity contribution in [1.29, 1.82) is 0 Å². The van der Waals surface area contributed by atoms with Gasteiger partial charge in [-0.1, -0.05) is 24.3 Å². The number of aromatic nitrogens is 4. The van der Waals surface area contributed by atoms with E-state index < -0.39 is 7.12 Å². The van der Waals surface area contributed by atoms with E-state index in [1.165, 1.54) is 0 Å². The van der Waals surface area contributed by atoms with Gasteiger partial charge in [0.1, 0.15) is 11.0 Å². The molecule has 0 saturated carbocycles. The molecule has 6 nitrogen and oxygen atoms in total. The van der Waals surface area contributed by atoms with Crippen LogP contribution in [0.3, 0.4) is 0 Å². The summed E-state index contributed by atoms with van der Waals surface area (Å²) in [5, 5.41) is 9.29. The quantitative estimate of drug-likeness (QED) is 0.492. The van der Waals surface area contributed by atoms with Gasteiger partial charge in [0, 0.05) is 12.4 Å². The van der Waals surface area contributed by atoms with E-state index in [2.05, 4.69) is 55.0 Å². The zero-order valence-corrected chi connectivity index (χ0v) is 17.5. The monoisotopic (exact) mass is 398 g/mol. The van der Waals surface area contributed by atoms with Crippen molar-refractivity contribution >= 4 is 23.6 Å². The number of hydrogen-bond acceptors (Lipinski definition) is 5. The number of rotatable bonds is 3. The molecule has 0 N–H and O–H groups in total. The summed E-state index contributed by atoms with van der Waals surface area (Å²) in [6, 6.07) is 18.0. The molecule has 0 amide bonds. The largest absolute Gasteiger partial charge is 0.494 e. The minimum atomic E-state index is -0.414. The molecule has 0 radical (unpaired) electrons. The summed E-state index contributed by atoms with van der Waals surface area (Å²) in [5.41, 5.74) is 4.91. The van der Waals surface area contributed by atoms with Crippen molar-refractivity contribution in [2.75, 3.05) is 0 Å². The summed E-state index contributed by atoms with van der Waals surface area (Å²) in [6.45, 7) is 8.21. The Balaban J connectivity index is 1.43. The van der Waals surface area contributed by atoms with Gasteiger partial charge < -0.3 is 9.31 Å². The molecule has 2 aromatic carbocycles. The van der Waals surface area contributed by atoms with E-state index in [0.29, 0.717) is 0 Å². The van der Waals surface area contributed by atoms with E-state index in [4.69, 9.17) is 9.31 Å². The molecule has 1 fully saturated rings. The lowest BCUT2D eigenvalue weighted by Crippen LogP contribution is -2.41. The second-order valence-electron chi connectivity index (χ2n) is 8.61. The third kappa shape index (κ3) is 3.20. The van der Waals surface area contributed by atoms with E-state index in [9.17, 15) is 0 Å². The zero-order valence-electron chi connectivity index (χ0n) is 17.5. The third-order valence-electron chi connectivity index (χ3n) is 6.02. The van der Waals surface area contributed by atoms with Gasteiger partial charge in [-0.2, -0.15) is 4.80 Å². The molecule has 150 valence electrons. The first-order valence-corrected chi connectivity index (χ1v) is 10.1. The Kier molecular flexibility index (Phi) is 4.27. The summed E-state index contributed by atoms with van der Waals surface area (Å²) in [4.78, 5) is 5.84. The van der Waals surface area contributed by atoms with Crippen LogP contribution in [0.2, 0.25) is 0 Å². The maximum atomic E-state index is 6.16. The topological polar surface area (TPSA) is 62.1 Å². The van der Waals surface area contributed by atoms with Gasteiger partial charge in [-0.15, -0.1) is 10.2 Å². The van der Waals surface area contributed by atoms with Crippen LogP contribution in [-0.2, 0) is 9.31 Å². The SMILES string of the molecule is CC1(C)OB(c2ccc3nn(-c4ccc(-c5cccnc5)cc4)nc3c2)OC1(C)C. The van der Waals surface area contributed by atoms with Crippen LogP contribution in [0, 0.1) is 0 Å². The maximum Gasteiger partial charge on any atom is 0.494 e. The van der Waals surface area contributed by atoms with Crippen LogP contribution in [0.1, 0.15) is 27.7 Å². The van der Waals surface area contributed by atoms with Crippen LogP contribution in [0.5, 0.6) is 0 Å². The van der Waals surface area contributed by atoms with Gasteiger partial charge >= 0.3 is 7.12 Å². The zero-order chi connectivity index (χ0) is 20.9. The summed E-state index contributed by atoms with van der Waals surface area (Å²) in [5.74, 6) is 0. The average molecular weight is 398 g/mol. The van der Waals surface area contributed by atoms with E-state index in [0.717, 1.165) is 33.3 Å². The molecule has 1 saturated heterocycles. The second-order valence-corrected chi connectivity index (χ2v) is 8.61. The van der Waals surface area contributed by atoms with Gasteiger partial charge in [0.2, 0.25) is 0 Å². The first kappa shape index (κ1) is 19.0. The van der Waals surface area contributed by atoms with Gasteiger partial charge in [-0.25, -0.2) is 0 Å². The lowest BCUT2D eigenvalue weighted by atomic mass is 9.79. The van der Waals surface area contributed by atoms with Crippen LogP contribution in [0.15, 0.2) is 67.0 Å². The molecular weight excluding hydrogens is 375 g/mol. The van der Waals surface area contributed by atoms with Crippen molar-refractivity contribution in [3.8, 4) is 16.8 Å². The average Bonchev–Trinajstić information content (AvgIpc) is 3.26. The smallest absolute Gasteiger partial charge is 0.399 e. The van der Waals surface area contributed by atoms with Crippen LogP contribution in [-0.4, -0.2) is 38.3 Å². The highest BCUT2D eigenvalue weighted by atomic mass is 16.7. The molecule has 4 aromatic rings. The first-order chi connectivity index (χ1) is 14.3. The molecular formula is C23H23BN4O2. The van der Waals surface area contributed by atoms with Gasteiger partial charge in [0.25, 0.3) is 0 Å². The number of pyridine rings is 1. The molecule has 0 atom stereocenters. The van der Waals surface area contributed by atoms with E-state index in [-0.39, 0.29) is 11.2 Å². The number of hydrogen-bond donors (Lipinski definition) is 0. The van der Waals surface area contributed by atoms with Gasteiger partial charge in [0.05, 0.1) is 16.9 Å². The Hall–Kier alpha value is -3.03. The molecule has 0 aliphatic carbocycles. The number of nitrogens with zero attached hydrogens (tertiary/aromatic N) is 4. The van der Waals surface area contributed by atoms with Gasteiger partial charge in [-0.3, -0.25) is 4.98 Å². The molecule has 0 unspecified atom stereocenters. The fourth-order valence-electron chi connectivity index (χ4n) is 3.49. The summed E-state index contributed by atoms with van der Waals surface area (Å²) >= 11 is 0. The second kappa shape index (κ2) is 6.75. The third-order valence-corrected chi connectivity index (χ3v) is 6.02. The Morgan fingerprint density at radius 2 is 1.50 bits per heavy atom. The molecule has 30 heavy (non-hydrogen) atoms. The molecule has 1 aliphatic heterocycles. The summed E-state index contributed by atoms with van der Waals surface area (Å²) < 4.78 is 12.3. The molecule has 7 heteroatoms. The Morgan fingerprint density at radius 1 is 0.800 bits per heavy atom. The molecule has 5 rings (SSSR count). The molecule has 1 aliphatic rings. The molecule has 3 heterocycles. The van der Waals surface area contributed by atoms with Crippen molar-refractivity contribution < 1.29 is 9.31 Å². The predicted octanol–water partition coefficient (Wildman–Crippen LogP) is 3.78. The molecule has 0 bridgehead atoms. The van der Waals surface area contributed by atoms with Crippen LogP contribution >= 0.6 is 0 Å². The van der Waals surface area contributed by atoms with E-state index in [1.54, 1.807) is 11.0 Å². The minimum absolute atomic E-state index is 0.375. The lowest BCUT2D eigenvalue weighted by Gasteiger charge is -2.32. The van der Waals surface area contributed by atoms with Crippen molar-refractivity contribution in [3.05, 3.63) is 67.0 Å². The summed E-state index contributed by atoms with van der Waals surface area (Å²) in [7, 11) is -0.414. The first-order valence-electron chi connectivity index (χ1n) is 10.1. The highest BCUT2D eigenvalue weighted by Crippen LogP contribution is 2.36. The number of fused-ring (bicyclic) bond motifs is 1. The van der Waals surface area contributed by atoms with E-state index >= 15 is 0 Å². The highest BCUT2D eigenvalue weighted by Gasteiger charge is 2.51. The van der Waals surface area contributed by atoms with Crippen LogP contribution in [0.4, 0.5) is 0 Å². The minimum Gasteiger partial charge on any atom is -0.399 e. The van der Waals surface area contributed by atoms with Gasteiger partial charge in [0.15, 0.2) is 0 Å². The van der Waals surface area contributed by atoms with Gasteiger partial charge in [-0.05, 0) is 74.6 Å². The highest BCUT2D eigenvalue weighted by molar-refractivity contribution is 6.62. The predicted molar refractivity (Wildman–Crippen MR) is 118 cm³/mol. The maximum absolute atomic E-state index is 6.16. The fraction of sp³-hybridized carbons (Fsp3) is 0.261. The lowest BCUT2D eigenvalue weighted by molar-refractivity contribution is 0.00578. The standard InChI is InChI=1S/C23H23BN4O2/c1-22(2)23(3,4)30-24(29-22)18-9-12-20-21(14-18)27-28(26-20)19-10-7-16(8-11-19)17-6-5-13-25-15-17/h5-15H,1-4H3. The number of benzene rings is 2. The van der Waals surface area contributed by atoms with Crippen molar-refractivity contribution in [2.45, 2.75) is 38.9 Å². The van der Waals surface area contributed by atoms with Crippen molar-refractivity contribution in [3.63, 3.8) is 0 Å².